The molecule has 0 radical (unpaired) electrons. The smallest absolute Gasteiger partial charge is 0.340 e. The molecule has 0 saturated carbocycles. The van der Waals surface area contributed by atoms with Crippen LogP contribution < -0.4 is 5.32 Å². The summed E-state index contributed by atoms with van der Waals surface area (Å²) in [7, 11) is 3.34. The molecule has 0 aliphatic carbocycles. The van der Waals surface area contributed by atoms with Gasteiger partial charge in [0.25, 0.3) is 11.8 Å². The lowest BCUT2D eigenvalue weighted by molar-refractivity contribution is -0.119. The van der Waals surface area contributed by atoms with Crippen LogP contribution in [-0.4, -0.2) is 48.0 Å². The number of amides is 2. The second-order valence-corrected chi connectivity index (χ2v) is 7.86. The number of nitrogens with zero attached hydrogens (tertiary/aromatic N) is 2. The van der Waals surface area contributed by atoms with Crippen LogP contribution in [0.3, 0.4) is 0 Å². The number of rotatable bonds is 6. The van der Waals surface area contributed by atoms with Crippen molar-refractivity contribution in [2.75, 3.05) is 26.0 Å². The second-order valence-electron chi connectivity index (χ2n) is 7.86. The molecule has 0 bridgehead atoms. The molecule has 0 saturated heterocycles. The number of hydrogen-bond acceptors (Lipinski definition) is 4. The summed E-state index contributed by atoms with van der Waals surface area (Å²) in [5, 5.41) is 2.66. The van der Waals surface area contributed by atoms with Crippen molar-refractivity contribution in [2.24, 2.45) is 0 Å². The van der Waals surface area contributed by atoms with Crippen molar-refractivity contribution in [1.82, 2.24) is 9.47 Å². The lowest BCUT2D eigenvalue weighted by atomic mass is 10.2. The van der Waals surface area contributed by atoms with Crippen molar-refractivity contribution in [3.63, 3.8) is 0 Å². The van der Waals surface area contributed by atoms with Gasteiger partial charge in [-0.25, -0.2) is 4.79 Å². The molecule has 2 aromatic carbocycles. The monoisotopic (exact) mass is 433 g/mol. The van der Waals surface area contributed by atoms with Gasteiger partial charge in [0.15, 0.2) is 6.61 Å². The predicted molar refractivity (Wildman–Crippen MR) is 123 cm³/mol. The zero-order valence-electron chi connectivity index (χ0n) is 18.9. The molecule has 7 heteroatoms. The standard InChI is InChI=1S/C25H27N3O4/c1-16-6-12-21(13-7-16)28-17(2)14-22(18(28)3)25(31)32-15-23(29)26-20-10-8-19(9-11-20)24(30)27(4)5/h6-14H,15H2,1-5H3,(H,26,29). The van der Waals surface area contributed by atoms with Crippen LogP contribution in [0.4, 0.5) is 5.69 Å². The Morgan fingerprint density at radius 2 is 1.56 bits per heavy atom. The van der Waals surface area contributed by atoms with Crippen LogP contribution in [0.5, 0.6) is 0 Å². The van der Waals surface area contributed by atoms with Crippen LogP contribution >= 0.6 is 0 Å². The summed E-state index contributed by atoms with van der Waals surface area (Å²) in [4.78, 5) is 38.2. The molecular weight excluding hydrogens is 406 g/mol. The van der Waals surface area contributed by atoms with Crippen molar-refractivity contribution in [3.05, 3.63) is 82.7 Å². The van der Waals surface area contributed by atoms with Gasteiger partial charge in [-0.1, -0.05) is 17.7 Å². The predicted octanol–water partition coefficient (Wildman–Crippen LogP) is 3.90. The van der Waals surface area contributed by atoms with E-state index in [1.807, 2.05) is 49.6 Å². The van der Waals surface area contributed by atoms with E-state index in [0.717, 1.165) is 22.6 Å². The normalized spacial score (nSPS) is 10.5. The molecule has 2 amide bonds. The number of aryl methyl sites for hydroxylation is 2. The highest BCUT2D eigenvalue weighted by atomic mass is 16.5. The minimum absolute atomic E-state index is 0.125. The van der Waals surface area contributed by atoms with Gasteiger partial charge in [0.1, 0.15) is 0 Å². The van der Waals surface area contributed by atoms with Gasteiger partial charge in [0.2, 0.25) is 0 Å². The first-order chi connectivity index (χ1) is 15.2. The molecule has 0 aliphatic heterocycles. The lowest BCUT2D eigenvalue weighted by Crippen LogP contribution is -2.22. The topological polar surface area (TPSA) is 80.6 Å². The van der Waals surface area contributed by atoms with E-state index in [-0.39, 0.29) is 5.91 Å². The van der Waals surface area contributed by atoms with Gasteiger partial charge in [-0.15, -0.1) is 0 Å². The third-order valence-corrected chi connectivity index (χ3v) is 5.10. The maximum absolute atomic E-state index is 12.6. The number of carbonyl (C=O) groups is 3. The Hall–Kier alpha value is -3.87. The van der Waals surface area contributed by atoms with E-state index in [9.17, 15) is 14.4 Å². The van der Waals surface area contributed by atoms with E-state index in [0.29, 0.717) is 16.8 Å². The second kappa shape index (κ2) is 9.51. The van der Waals surface area contributed by atoms with Crippen molar-refractivity contribution in [2.45, 2.75) is 20.8 Å². The average molecular weight is 434 g/mol. The van der Waals surface area contributed by atoms with Crippen LogP contribution in [0.25, 0.3) is 5.69 Å². The molecule has 0 spiro atoms. The summed E-state index contributed by atoms with van der Waals surface area (Å²) in [6.45, 7) is 5.37. The fraction of sp³-hybridized carbons (Fsp3) is 0.240. The number of aromatic nitrogens is 1. The summed E-state index contributed by atoms with van der Waals surface area (Å²) in [6.07, 6.45) is 0. The van der Waals surface area contributed by atoms with Crippen molar-refractivity contribution in [3.8, 4) is 5.69 Å². The molecule has 1 aromatic heterocycles. The summed E-state index contributed by atoms with van der Waals surface area (Å²) in [5.41, 5.74) is 5.21. The maximum atomic E-state index is 12.6. The van der Waals surface area contributed by atoms with Crippen molar-refractivity contribution in [1.29, 1.82) is 0 Å². The van der Waals surface area contributed by atoms with Crippen LogP contribution in [0.2, 0.25) is 0 Å². The Morgan fingerprint density at radius 3 is 2.16 bits per heavy atom. The van der Waals surface area contributed by atoms with Gasteiger partial charge in [-0.2, -0.15) is 0 Å². The zero-order chi connectivity index (χ0) is 23.4. The fourth-order valence-electron chi connectivity index (χ4n) is 3.42. The number of hydrogen-bond donors (Lipinski definition) is 1. The Kier molecular flexibility index (Phi) is 6.78. The molecule has 1 N–H and O–H groups in total. The number of benzene rings is 2. The third-order valence-electron chi connectivity index (χ3n) is 5.10. The van der Waals surface area contributed by atoms with Gasteiger partial charge in [-0.05, 0) is 63.2 Å². The first kappa shape index (κ1) is 22.8. The molecule has 32 heavy (non-hydrogen) atoms. The van der Waals surface area contributed by atoms with Gasteiger partial charge in [0, 0.05) is 42.4 Å². The third kappa shape index (κ3) is 5.06. The largest absolute Gasteiger partial charge is 0.452 e. The average Bonchev–Trinajstić information content (AvgIpc) is 3.06. The van der Waals surface area contributed by atoms with Crippen LogP contribution in [0.15, 0.2) is 54.6 Å². The molecule has 0 fully saturated rings. The van der Waals surface area contributed by atoms with Crippen LogP contribution in [0, 0.1) is 20.8 Å². The molecular formula is C25H27N3O4. The lowest BCUT2D eigenvalue weighted by Gasteiger charge is -2.11. The summed E-state index contributed by atoms with van der Waals surface area (Å²) in [5.74, 6) is -1.14. The number of esters is 1. The van der Waals surface area contributed by atoms with Crippen molar-refractivity contribution < 1.29 is 19.1 Å². The molecule has 0 aliphatic rings. The molecule has 0 unspecified atom stereocenters. The first-order valence-corrected chi connectivity index (χ1v) is 10.2. The number of ether oxygens (including phenoxy) is 1. The highest BCUT2D eigenvalue weighted by Gasteiger charge is 2.19. The van der Waals surface area contributed by atoms with Gasteiger partial charge < -0.3 is 19.5 Å². The zero-order valence-corrected chi connectivity index (χ0v) is 18.9. The minimum atomic E-state index is -0.557. The number of anilines is 1. The summed E-state index contributed by atoms with van der Waals surface area (Å²) >= 11 is 0. The number of carbonyl (C=O) groups excluding carboxylic acids is 3. The van der Waals surface area contributed by atoms with E-state index >= 15 is 0 Å². The Labute approximate surface area is 187 Å². The number of nitrogens with one attached hydrogen (secondary N) is 1. The van der Waals surface area contributed by atoms with Crippen LogP contribution in [0.1, 0.15) is 37.7 Å². The Morgan fingerprint density at radius 1 is 0.938 bits per heavy atom. The highest BCUT2D eigenvalue weighted by molar-refractivity contribution is 5.97. The molecule has 0 atom stereocenters. The molecule has 3 rings (SSSR count). The Bertz CT molecular complexity index is 1140. The van der Waals surface area contributed by atoms with Crippen LogP contribution in [-0.2, 0) is 9.53 Å². The minimum Gasteiger partial charge on any atom is -0.452 e. The van der Waals surface area contributed by atoms with E-state index in [2.05, 4.69) is 5.32 Å². The molecule has 3 aromatic rings. The SMILES string of the molecule is Cc1ccc(-n2c(C)cc(C(=O)OCC(=O)Nc3ccc(C(=O)N(C)C)cc3)c2C)cc1. The summed E-state index contributed by atoms with van der Waals surface area (Å²) in [6, 6.07) is 16.3. The quantitative estimate of drug-likeness (QED) is 0.598. The van der Waals surface area contributed by atoms with E-state index in [4.69, 9.17) is 4.74 Å². The Balaban J connectivity index is 1.62. The fourth-order valence-corrected chi connectivity index (χ4v) is 3.42. The van der Waals surface area contributed by atoms with E-state index in [1.54, 1.807) is 44.4 Å². The maximum Gasteiger partial charge on any atom is 0.340 e. The summed E-state index contributed by atoms with van der Waals surface area (Å²) < 4.78 is 7.21. The molecule has 1 heterocycles. The van der Waals surface area contributed by atoms with Gasteiger partial charge >= 0.3 is 5.97 Å². The van der Waals surface area contributed by atoms with E-state index < -0.39 is 18.5 Å². The molecule has 7 nitrogen and oxygen atoms in total. The van der Waals surface area contributed by atoms with Gasteiger partial charge in [0.05, 0.1) is 5.56 Å². The first-order valence-electron chi connectivity index (χ1n) is 10.2. The molecule has 166 valence electrons. The van der Waals surface area contributed by atoms with Crippen molar-refractivity contribution >= 4 is 23.5 Å². The highest BCUT2D eigenvalue weighted by Crippen LogP contribution is 2.22. The van der Waals surface area contributed by atoms with Gasteiger partial charge in [-0.3, -0.25) is 9.59 Å². The van der Waals surface area contributed by atoms with E-state index in [1.165, 1.54) is 4.90 Å².